The Hall–Kier alpha value is -0.870. The fourth-order valence-electron chi connectivity index (χ4n) is 2.40. The van der Waals surface area contributed by atoms with E-state index in [9.17, 15) is 0 Å². The Morgan fingerprint density at radius 2 is 2.11 bits per heavy atom. The molecule has 4 heteroatoms. The van der Waals surface area contributed by atoms with Gasteiger partial charge in [-0.2, -0.15) is 0 Å². The molecular formula is C15H26N2O2. The largest absolute Gasteiger partial charge is 0.443 e. The topological polar surface area (TPSA) is 47.3 Å². The third-order valence-corrected chi connectivity index (χ3v) is 3.67. The highest BCUT2D eigenvalue weighted by Gasteiger charge is 2.26. The van der Waals surface area contributed by atoms with E-state index in [1.165, 1.54) is 0 Å². The summed E-state index contributed by atoms with van der Waals surface area (Å²) in [4.78, 5) is 4.39. The van der Waals surface area contributed by atoms with Crippen LogP contribution in [0.25, 0.3) is 0 Å². The zero-order valence-electron chi connectivity index (χ0n) is 12.7. The normalized spacial score (nSPS) is 23.5. The first-order valence-corrected chi connectivity index (χ1v) is 7.22. The minimum Gasteiger partial charge on any atom is -0.443 e. The second kappa shape index (κ2) is 5.63. The lowest BCUT2D eigenvalue weighted by Gasteiger charge is -2.23. The van der Waals surface area contributed by atoms with Crippen molar-refractivity contribution in [2.45, 2.75) is 71.1 Å². The number of hydrogen-bond acceptors (Lipinski definition) is 4. The molecule has 1 saturated heterocycles. The molecule has 3 atom stereocenters. The third-order valence-electron chi connectivity index (χ3n) is 3.67. The van der Waals surface area contributed by atoms with Crippen LogP contribution in [0.1, 0.15) is 65.2 Å². The lowest BCUT2D eigenvalue weighted by molar-refractivity contribution is 0.0790. The Bertz CT molecular complexity index is 403. The molecule has 108 valence electrons. The molecule has 1 N–H and O–H groups in total. The second-order valence-electron chi connectivity index (χ2n) is 6.54. The van der Waals surface area contributed by atoms with E-state index < -0.39 is 0 Å². The van der Waals surface area contributed by atoms with Crippen LogP contribution in [0.2, 0.25) is 0 Å². The van der Waals surface area contributed by atoms with Gasteiger partial charge < -0.3 is 14.5 Å². The second-order valence-corrected chi connectivity index (χ2v) is 6.54. The molecule has 1 aliphatic heterocycles. The van der Waals surface area contributed by atoms with Gasteiger partial charge in [-0.15, -0.1) is 0 Å². The van der Waals surface area contributed by atoms with E-state index in [1.807, 2.05) is 6.20 Å². The smallest absolute Gasteiger partial charge is 0.211 e. The monoisotopic (exact) mass is 266 g/mol. The molecule has 0 unspecified atom stereocenters. The van der Waals surface area contributed by atoms with Gasteiger partial charge in [-0.25, -0.2) is 4.98 Å². The van der Waals surface area contributed by atoms with Crippen LogP contribution in [-0.4, -0.2) is 23.7 Å². The summed E-state index contributed by atoms with van der Waals surface area (Å²) in [6.07, 6.45) is 4.46. The first kappa shape index (κ1) is 14.5. The summed E-state index contributed by atoms with van der Waals surface area (Å²) in [6.45, 7) is 11.5. The fourth-order valence-corrected chi connectivity index (χ4v) is 2.40. The van der Waals surface area contributed by atoms with Gasteiger partial charge in [0.1, 0.15) is 5.76 Å². The third kappa shape index (κ3) is 3.57. The average Bonchev–Trinajstić information content (AvgIpc) is 3.00. The van der Waals surface area contributed by atoms with Crippen molar-refractivity contribution < 1.29 is 9.15 Å². The lowest BCUT2D eigenvalue weighted by atomic mass is 9.94. The Balaban J connectivity index is 1.95. The van der Waals surface area contributed by atoms with Crippen LogP contribution >= 0.6 is 0 Å². The minimum atomic E-state index is 0.00511. The molecule has 19 heavy (non-hydrogen) atoms. The summed E-state index contributed by atoms with van der Waals surface area (Å²) in [5.41, 5.74) is 0.00511. The van der Waals surface area contributed by atoms with Crippen LogP contribution in [-0.2, 0) is 10.2 Å². The van der Waals surface area contributed by atoms with Crippen molar-refractivity contribution in [3.8, 4) is 0 Å². The molecule has 0 saturated carbocycles. The quantitative estimate of drug-likeness (QED) is 0.909. The molecule has 0 aromatic carbocycles. The van der Waals surface area contributed by atoms with E-state index in [4.69, 9.17) is 9.15 Å². The fraction of sp³-hybridized carbons (Fsp3) is 0.800. The van der Waals surface area contributed by atoms with E-state index in [2.05, 4.69) is 44.9 Å². The van der Waals surface area contributed by atoms with E-state index in [1.54, 1.807) is 0 Å². The van der Waals surface area contributed by atoms with Crippen molar-refractivity contribution in [3.05, 3.63) is 17.8 Å². The predicted octanol–water partition coefficient (Wildman–Crippen LogP) is 3.19. The Morgan fingerprint density at radius 1 is 1.37 bits per heavy atom. The number of hydrogen-bond donors (Lipinski definition) is 1. The zero-order chi connectivity index (χ0) is 14.0. The van der Waals surface area contributed by atoms with Gasteiger partial charge in [-0.05, 0) is 26.7 Å². The van der Waals surface area contributed by atoms with E-state index in [0.717, 1.165) is 31.1 Å². The minimum absolute atomic E-state index is 0.00511. The summed E-state index contributed by atoms with van der Waals surface area (Å²) in [7, 11) is 0. The standard InChI is InChI=1S/C15H26N2O2/c1-10(12-7-6-8-18-12)17-11(2)14-16-9-13(19-14)15(3,4)5/h9-12,17H,6-8H2,1-5H3/t10-,11+,12+/m1/s1. The van der Waals surface area contributed by atoms with Crippen molar-refractivity contribution in [1.29, 1.82) is 0 Å². The summed E-state index contributed by atoms with van der Waals surface area (Å²) in [5.74, 6) is 1.69. The van der Waals surface area contributed by atoms with E-state index >= 15 is 0 Å². The van der Waals surface area contributed by atoms with Gasteiger partial charge in [-0.1, -0.05) is 20.8 Å². The average molecular weight is 266 g/mol. The van der Waals surface area contributed by atoms with Crippen LogP contribution in [0.3, 0.4) is 0 Å². The Morgan fingerprint density at radius 3 is 2.63 bits per heavy atom. The van der Waals surface area contributed by atoms with Gasteiger partial charge >= 0.3 is 0 Å². The molecule has 4 nitrogen and oxygen atoms in total. The highest BCUT2D eigenvalue weighted by molar-refractivity contribution is 5.07. The highest BCUT2D eigenvalue weighted by atomic mass is 16.5. The SMILES string of the molecule is C[C@H](N[C@H](C)[C@@H]1CCCO1)c1ncc(C(C)(C)C)o1. The molecule has 2 rings (SSSR count). The van der Waals surface area contributed by atoms with Gasteiger partial charge in [-0.3, -0.25) is 0 Å². The van der Waals surface area contributed by atoms with Crippen molar-refractivity contribution in [2.75, 3.05) is 6.61 Å². The van der Waals surface area contributed by atoms with Gasteiger partial charge in [0, 0.05) is 18.1 Å². The maximum absolute atomic E-state index is 5.86. The summed E-state index contributed by atoms with van der Waals surface area (Å²) in [6, 6.07) is 0.429. The van der Waals surface area contributed by atoms with Gasteiger partial charge in [0.25, 0.3) is 0 Å². The number of nitrogens with zero attached hydrogens (tertiary/aromatic N) is 1. The van der Waals surface area contributed by atoms with Crippen molar-refractivity contribution in [2.24, 2.45) is 0 Å². The van der Waals surface area contributed by atoms with Crippen LogP contribution in [0, 0.1) is 0 Å². The van der Waals surface area contributed by atoms with Crippen molar-refractivity contribution in [3.63, 3.8) is 0 Å². The number of ether oxygens (including phenoxy) is 1. The summed E-state index contributed by atoms with van der Waals surface area (Å²) >= 11 is 0. The molecule has 0 amide bonds. The first-order chi connectivity index (χ1) is 8.88. The maximum Gasteiger partial charge on any atom is 0.211 e. The number of nitrogens with one attached hydrogen (secondary N) is 1. The number of oxazole rings is 1. The molecule has 1 aromatic heterocycles. The molecule has 1 aliphatic rings. The lowest BCUT2D eigenvalue weighted by Crippen LogP contribution is -2.38. The maximum atomic E-state index is 5.86. The molecule has 0 bridgehead atoms. The molecule has 0 radical (unpaired) electrons. The van der Waals surface area contributed by atoms with Crippen LogP contribution in [0.5, 0.6) is 0 Å². The summed E-state index contributed by atoms with van der Waals surface area (Å²) in [5, 5.41) is 3.52. The highest BCUT2D eigenvalue weighted by Crippen LogP contribution is 2.25. The number of rotatable bonds is 4. The van der Waals surface area contributed by atoms with Crippen LogP contribution in [0.4, 0.5) is 0 Å². The van der Waals surface area contributed by atoms with Crippen molar-refractivity contribution >= 4 is 0 Å². The Labute approximate surface area is 115 Å². The van der Waals surface area contributed by atoms with E-state index in [-0.39, 0.29) is 11.5 Å². The zero-order valence-corrected chi connectivity index (χ0v) is 12.7. The van der Waals surface area contributed by atoms with Crippen LogP contribution < -0.4 is 5.32 Å². The summed E-state index contributed by atoms with van der Waals surface area (Å²) < 4.78 is 11.6. The first-order valence-electron chi connectivity index (χ1n) is 7.22. The van der Waals surface area contributed by atoms with Crippen molar-refractivity contribution in [1.82, 2.24) is 10.3 Å². The molecule has 2 heterocycles. The Kier molecular flexibility index (Phi) is 4.31. The van der Waals surface area contributed by atoms with E-state index in [0.29, 0.717) is 12.1 Å². The number of aromatic nitrogens is 1. The van der Waals surface area contributed by atoms with Crippen LogP contribution in [0.15, 0.2) is 10.6 Å². The molecular weight excluding hydrogens is 240 g/mol. The predicted molar refractivity (Wildman–Crippen MR) is 75.2 cm³/mol. The van der Waals surface area contributed by atoms with Gasteiger partial charge in [0.05, 0.1) is 18.3 Å². The molecule has 1 aromatic rings. The molecule has 0 aliphatic carbocycles. The molecule has 0 spiro atoms. The van der Waals surface area contributed by atoms with Gasteiger partial charge in [0.15, 0.2) is 0 Å². The molecule has 1 fully saturated rings. The van der Waals surface area contributed by atoms with Gasteiger partial charge in [0.2, 0.25) is 5.89 Å².